The monoisotopic (exact) mass is 319 g/mol. The van der Waals surface area contributed by atoms with Gasteiger partial charge in [-0.05, 0) is 23.8 Å². The molecule has 0 fully saturated rings. The normalized spacial score (nSPS) is 11.0. The van der Waals surface area contributed by atoms with Gasteiger partial charge in [0.15, 0.2) is 0 Å². The second kappa shape index (κ2) is 6.59. The zero-order chi connectivity index (χ0) is 16.2. The Bertz CT molecular complexity index is 761. The summed E-state index contributed by atoms with van der Waals surface area (Å²) in [7, 11) is -2.14. The van der Waals surface area contributed by atoms with Crippen molar-refractivity contribution in [3.05, 3.63) is 60.2 Å². The molecular formula is C15H17N3O3S. The number of carbonyl (C=O) groups excluding carboxylic acids is 1. The molecule has 2 amide bonds. The van der Waals surface area contributed by atoms with E-state index in [4.69, 9.17) is 5.14 Å². The first-order chi connectivity index (χ1) is 10.4. The molecule has 0 atom stereocenters. The summed E-state index contributed by atoms with van der Waals surface area (Å²) in [5, 5.41) is 7.71. The van der Waals surface area contributed by atoms with Crippen molar-refractivity contribution in [3.8, 4) is 0 Å². The van der Waals surface area contributed by atoms with Crippen LogP contribution >= 0.6 is 0 Å². The van der Waals surface area contributed by atoms with E-state index in [1.165, 1.54) is 23.1 Å². The van der Waals surface area contributed by atoms with E-state index in [2.05, 4.69) is 5.32 Å². The minimum Gasteiger partial charge on any atom is -0.323 e. The van der Waals surface area contributed by atoms with Gasteiger partial charge in [-0.15, -0.1) is 0 Å². The molecule has 2 rings (SSSR count). The molecule has 6 nitrogen and oxygen atoms in total. The highest BCUT2D eigenvalue weighted by Crippen LogP contribution is 2.15. The second-order valence-corrected chi connectivity index (χ2v) is 6.41. The summed E-state index contributed by atoms with van der Waals surface area (Å²) in [6.07, 6.45) is 0. The molecule has 0 spiro atoms. The number of nitrogens with one attached hydrogen (secondary N) is 1. The average Bonchev–Trinajstić information content (AvgIpc) is 2.47. The Morgan fingerprint density at radius 1 is 1.14 bits per heavy atom. The first kappa shape index (κ1) is 16.0. The number of urea groups is 1. The molecule has 2 aromatic rings. The summed E-state index contributed by atoms with van der Waals surface area (Å²) in [5.41, 5.74) is 1.37. The fraction of sp³-hybridized carbons (Fsp3) is 0.133. The van der Waals surface area contributed by atoms with Crippen LogP contribution in [0.3, 0.4) is 0 Å². The third-order valence-corrected chi connectivity index (χ3v) is 3.93. The Hall–Kier alpha value is -2.38. The quantitative estimate of drug-likeness (QED) is 0.902. The number of nitrogens with two attached hydrogens (primary N) is 1. The van der Waals surface area contributed by atoms with E-state index in [1.54, 1.807) is 13.1 Å². The van der Waals surface area contributed by atoms with Gasteiger partial charge in [-0.25, -0.2) is 18.4 Å². The highest BCUT2D eigenvalue weighted by molar-refractivity contribution is 7.89. The molecule has 0 saturated carbocycles. The smallest absolute Gasteiger partial charge is 0.321 e. The van der Waals surface area contributed by atoms with E-state index in [0.717, 1.165) is 5.56 Å². The van der Waals surface area contributed by atoms with E-state index < -0.39 is 10.0 Å². The topological polar surface area (TPSA) is 92.5 Å². The van der Waals surface area contributed by atoms with Crippen LogP contribution in [-0.4, -0.2) is 26.4 Å². The summed E-state index contributed by atoms with van der Waals surface area (Å²) >= 11 is 0. The summed E-state index contributed by atoms with van der Waals surface area (Å²) < 4.78 is 22.6. The van der Waals surface area contributed by atoms with Crippen molar-refractivity contribution >= 4 is 21.7 Å². The maximum absolute atomic E-state index is 12.1. The van der Waals surface area contributed by atoms with Gasteiger partial charge in [0.2, 0.25) is 10.0 Å². The summed E-state index contributed by atoms with van der Waals surface area (Å²) in [4.78, 5) is 13.6. The number of rotatable bonds is 4. The number of hydrogen-bond acceptors (Lipinski definition) is 3. The van der Waals surface area contributed by atoms with E-state index in [9.17, 15) is 13.2 Å². The Morgan fingerprint density at radius 2 is 1.82 bits per heavy atom. The average molecular weight is 319 g/mol. The molecule has 2 aromatic carbocycles. The molecule has 0 aromatic heterocycles. The molecule has 0 radical (unpaired) electrons. The van der Waals surface area contributed by atoms with Gasteiger partial charge in [0.05, 0.1) is 4.90 Å². The first-order valence-corrected chi connectivity index (χ1v) is 8.10. The molecular weight excluding hydrogens is 302 g/mol. The third kappa shape index (κ3) is 4.31. The van der Waals surface area contributed by atoms with Crippen molar-refractivity contribution in [3.63, 3.8) is 0 Å². The summed E-state index contributed by atoms with van der Waals surface area (Å²) in [6.45, 7) is 0.446. The van der Waals surface area contributed by atoms with Gasteiger partial charge in [-0.2, -0.15) is 0 Å². The molecule has 0 saturated heterocycles. The number of nitrogens with zero attached hydrogens (tertiary/aromatic N) is 1. The van der Waals surface area contributed by atoms with Crippen LogP contribution in [0.25, 0.3) is 0 Å². The van der Waals surface area contributed by atoms with Crippen LogP contribution in [0.2, 0.25) is 0 Å². The van der Waals surface area contributed by atoms with Crippen molar-refractivity contribution in [1.29, 1.82) is 0 Å². The molecule has 3 N–H and O–H groups in total. The number of primary sulfonamides is 1. The zero-order valence-corrected chi connectivity index (χ0v) is 12.9. The van der Waals surface area contributed by atoms with Crippen LogP contribution in [0.1, 0.15) is 5.56 Å². The van der Waals surface area contributed by atoms with Crippen molar-refractivity contribution in [2.45, 2.75) is 11.4 Å². The van der Waals surface area contributed by atoms with Gasteiger partial charge in [-0.3, -0.25) is 0 Å². The Morgan fingerprint density at radius 3 is 2.45 bits per heavy atom. The van der Waals surface area contributed by atoms with Gasteiger partial charge in [0.25, 0.3) is 0 Å². The summed E-state index contributed by atoms with van der Waals surface area (Å²) in [6, 6.07) is 15.0. The predicted octanol–water partition coefficient (Wildman–Crippen LogP) is 2.00. The van der Waals surface area contributed by atoms with E-state index in [1.807, 2.05) is 30.3 Å². The zero-order valence-electron chi connectivity index (χ0n) is 12.1. The number of sulfonamides is 1. The van der Waals surface area contributed by atoms with Crippen LogP contribution in [0.15, 0.2) is 59.5 Å². The minimum atomic E-state index is -3.79. The van der Waals surface area contributed by atoms with Gasteiger partial charge in [-0.1, -0.05) is 36.4 Å². The van der Waals surface area contributed by atoms with Gasteiger partial charge >= 0.3 is 6.03 Å². The predicted molar refractivity (Wildman–Crippen MR) is 84.7 cm³/mol. The Labute approximate surface area is 129 Å². The molecule has 0 aliphatic heterocycles. The standard InChI is InChI=1S/C15H17N3O3S/c1-18(11-12-6-3-2-4-7-12)15(19)17-13-8-5-9-14(10-13)22(16,20)21/h2-10H,11H2,1H3,(H,17,19)(H2,16,20,21). The molecule has 7 heteroatoms. The lowest BCUT2D eigenvalue weighted by molar-refractivity contribution is 0.220. The SMILES string of the molecule is CN(Cc1ccccc1)C(=O)Nc1cccc(S(N)(=O)=O)c1. The van der Waals surface area contributed by atoms with Crippen molar-refractivity contribution in [2.24, 2.45) is 5.14 Å². The molecule has 0 heterocycles. The number of benzene rings is 2. The van der Waals surface area contributed by atoms with Crippen LogP contribution in [-0.2, 0) is 16.6 Å². The first-order valence-electron chi connectivity index (χ1n) is 6.55. The van der Waals surface area contributed by atoms with Crippen LogP contribution in [0, 0.1) is 0 Å². The molecule has 0 bridgehead atoms. The molecule has 0 unspecified atom stereocenters. The number of carbonyl (C=O) groups is 1. The van der Waals surface area contributed by atoms with Crippen molar-refractivity contribution in [2.75, 3.05) is 12.4 Å². The summed E-state index contributed by atoms with van der Waals surface area (Å²) in [5.74, 6) is 0. The van der Waals surface area contributed by atoms with Crippen molar-refractivity contribution in [1.82, 2.24) is 4.90 Å². The van der Waals surface area contributed by atoms with Crippen LogP contribution in [0.5, 0.6) is 0 Å². The maximum atomic E-state index is 12.1. The Kier molecular flexibility index (Phi) is 4.79. The lowest BCUT2D eigenvalue weighted by atomic mass is 10.2. The fourth-order valence-electron chi connectivity index (χ4n) is 1.90. The lowest BCUT2D eigenvalue weighted by Crippen LogP contribution is -2.30. The Balaban J connectivity index is 2.06. The van der Waals surface area contributed by atoms with E-state index in [0.29, 0.717) is 12.2 Å². The lowest BCUT2D eigenvalue weighted by Gasteiger charge is -2.18. The highest BCUT2D eigenvalue weighted by atomic mass is 32.2. The number of amides is 2. The molecule has 116 valence electrons. The van der Waals surface area contributed by atoms with E-state index >= 15 is 0 Å². The van der Waals surface area contributed by atoms with Gasteiger partial charge in [0.1, 0.15) is 0 Å². The second-order valence-electron chi connectivity index (χ2n) is 4.84. The molecule has 22 heavy (non-hydrogen) atoms. The van der Waals surface area contributed by atoms with Gasteiger partial charge in [0, 0.05) is 19.3 Å². The van der Waals surface area contributed by atoms with Crippen LogP contribution < -0.4 is 10.5 Å². The van der Waals surface area contributed by atoms with E-state index in [-0.39, 0.29) is 10.9 Å². The van der Waals surface area contributed by atoms with Crippen molar-refractivity contribution < 1.29 is 13.2 Å². The highest BCUT2D eigenvalue weighted by Gasteiger charge is 2.12. The minimum absolute atomic E-state index is 0.0454. The maximum Gasteiger partial charge on any atom is 0.321 e. The largest absolute Gasteiger partial charge is 0.323 e. The molecule has 0 aliphatic rings. The van der Waals surface area contributed by atoms with Crippen LogP contribution in [0.4, 0.5) is 10.5 Å². The number of anilines is 1. The molecule has 0 aliphatic carbocycles. The number of hydrogen-bond donors (Lipinski definition) is 2. The fourth-order valence-corrected chi connectivity index (χ4v) is 2.46. The van der Waals surface area contributed by atoms with Gasteiger partial charge < -0.3 is 10.2 Å². The third-order valence-electron chi connectivity index (χ3n) is 3.02.